The number of amides is 2. The molecule has 1 heterocycles. The standard InChI is InChI=1S/C14H18N4O/c1-18-10-8-13(17-18)7-9-15-14(19)16-11-12-5-3-2-4-6-12/h2-6,8,10H,7,9,11H2,1H3,(H2,15,16,19). The fourth-order valence-electron chi connectivity index (χ4n) is 1.74. The van der Waals surface area contributed by atoms with Gasteiger partial charge in [-0.15, -0.1) is 0 Å². The van der Waals surface area contributed by atoms with Crippen LogP contribution in [0.4, 0.5) is 4.79 Å². The van der Waals surface area contributed by atoms with E-state index in [0.29, 0.717) is 13.1 Å². The van der Waals surface area contributed by atoms with E-state index in [2.05, 4.69) is 15.7 Å². The first-order valence-corrected chi connectivity index (χ1v) is 6.28. The lowest BCUT2D eigenvalue weighted by Crippen LogP contribution is -2.36. The molecule has 2 rings (SSSR count). The maximum Gasteiger partial charge on any atom is 0.315 e. The molecule has 0 unspecified atom stereocenters. The van der Waals surface area contributed by atoms with Crippen LogP contribution in [-0.2, 0) is 20.0 Å². The summed E-state index contributed by atoms with van der Waals surface area (Å²) in [4.78, 5) is 11.6. The summed E-state index contributed by atoms with van der Waals surface area (Å²) in [5.41, 5.74) is 2.06. The van der Waals surface area contributed by atoms with Crippen LogP contribution in [0, 0.1) is 0 Å². The highest BCUT2D eigenvalue weighted by atomic mass is 16.2. The molecule has 0 fully saturated rings. The molecule has 2 N–H and O–H groups in total. The van der Waals surface area contributed by atoms with Crippen molar-refractivity contribution in [2.75, 3.05) is 6.54 Å². The van der Waals surface area contributed by atoms with E-state index in [9.17, 15) is 4.79 Å². The molecule has 0 saturated carbocycles. The number of aryl methyl sites for hydroxylation is 1. The molecule has 0 aliphatic heterocycles. The van der Waals surface area contributed by atoms with Crippen LogP contribution in [0.2, 0.25) is 0 Å². The van der Waals surface area contributed by atoms with Crippen LogP contribution in [0.15, 0.2) is 42.6 Å². The van der Waals surface area contributed by atoms with Crippen molar-refractivity contribution < 1.29 is 4.79 Å². The number of carbonyl (C=O) groups excluding carboxylic acids is 1. The number of carbonyl (C=O) groups is 1. The van der Waals surface area contributed by atoms with Crippen molar-refractivity contribution in [3.63, 3.8) is 0 Å². The summed E-state index contributed by atoms with van der Waals surface area (Å²) in [6.07, 6.45) is 2.63. The monoisotopic (exact) mass is 258 g/mol. The molecule has 0 spiro atoms. The topological polar surface area (TPSA) is 59.0 Å². The minimum Gasteiger partial charge on any atom is -0.338 e. The maximum atomic E-state index is 11.6. The molecule has 0 aliphatic carbocycles. The Hall–Kier alpha value is -2.30. The third kappa shape index (κ3) is 4.46. The largest absolute Gasteiger partial charge is 0.338 e. The smallest absolute Gasteiger partial charge is 0.315 e. The van der Waals surface area contributed by atoms with E-state index in [-0.39, 0.29) is 6.03 Å². The Kier molecular flexibility index (Phi) is 4.55. The molecular weight excluding hydrogens is 240 g/mol. The summed E-state index contributed by atoms with van der Waals surface area (Å²) in [6, 6.07) is 11.6. The van der Waals surface area contributed by atoms with E-state index >= 15 is 0 Å². The average Bonchev–Trinajstić information content (AvgIpc) is 2.83. The Labute approximate surface area is 112 Å². The zero-order valence-corrected chi connectivity index (χ0v) is 11.0. The minimum absolute atomic E-state index is 0.153. The van der Waals surface area contributed by atoms with Crippen molar-refractivity contribution in [2.24, 2.45) is 7.05 Å². The molecule has 5 nitrogen and oxygen atoms in total. The first-order valence-electron chi connectivity index (χ1n) is 6.28. The molecule has 0 bridgehead atoms. The second-order valence-corrected chi connectivity index (χ2v) is 4.33. The highest BCUT2D eigenvalue weighted by Crippen LogP contribution is 1.97. The Morgan fingerprint density at radius 1 is 1.21 bits per heavy atom. The molecule has 0 aliphatic rings. The van der Waals surface area contributed by atoms with Crippen LogP contribution in [0.5, 0.6) is 0 Å². The van der Waals surface area contributed by atoms with Crippen molar-refractivity contribution in [1.82, 2.24) is 20.4 Å². The summed E-state index contributed by atoms with van der Waals surface area (Å²) >= 11 is 0. The number of nitrogens with zero attached hydrogens (tertiary/aromatic N) is 2. The van der Waals surface area contributed by atoms with Gasteiger partial charge in [0.2, 0.25) is 0 Å². The van der Waals surface area contributed by atoms with Crippen molar-refractivity contribution in [3.8, 4) is 0 Å². The molecular formula is C14H18N4O. The third-order valence-electron chi connectivity index (χ3n) is 2.73. The van der Waals surface area contributed by atoms with Gasteiger partial charge in [-0.25, -0.2) is 4.79 Å². The van der Waals surface area contributed by atoms with Crippen molar-refractivity contribution in [2.45, 2.75) is 13.0 Å². The zero-order valence-electron chi connectivity index (χ0n) is 11.0. The summed E-state index contributed by atoms with van der Waals surface area (Å²) in [6.45, 7) is 1.12. The first-order chi connectivity index (χ1) is 9.24. The summed E-state index contributed by atoms with van der Waals surface area (Å²) in [7, 11) is 1.88. The summed E-state index contributed by atoms with van der Waals surface area (Å²) in [5, 5.41) is 9.87. The Morgan fingerprint density at radius 2 is 2.00 bits per heavy atom. The van der Waals surface area contributed by atoms with Gasteiger partial charge in [0.15, 0.2) is 0 Å². The van der Waals surface area contributed by atoms with E-state index in [1.165, 1.54) is 0 Å². The van der Waals surface area contributed by atoms with E-state index in [4.69, 9.17) is 0 Å². The van der Waals surface area contributed by atoms with Gasteiger partial charge in [-0.05, 0) is 11.6 Å². The van der Waals surface area contributed by atoms with Gasteiger partial charge in [-0.1, -0.05) is 30.3 Å². The third-order valence-corrected chi connectivity index (χ3v) is 2.73. The maximum absolute atomic E-state index is 11.6. The number of benzene rings is 1. The highest BCUT2D eigenvalue weighted by Gasteiger charge is 2.01. The number of urea groups is 1. The SMILES string of the molecule is Cn1ccc(CCNC(=O)NCc2ccccc2)n1. The van der Waals surface area contributed by atoms with Gasteiger partial charge in [0.1, 0.15) is 0 Å². The fraction of sp³-hybridized carbons (Fsp3) is 0.286. The van der Waals surface area contributed by atoms with E-state index in [1.54, 1.807) is 4.68 Å². The number of aromatic nitrogens is 2. The van der Waals surface area contributed by atoms with Gasteiger partial charge in [0, 0.05) is 32.8 Å². The molecule has 0 atom stereocenters. The highest BCUT2D eigenvalue weighted by molar-refractivity contribution is 5.73. The van der Waals surface area contributed by atoms with Crippen LogP contribution in [0.1, 0.15) is 11.3 Å². The van der Waals surface area contributed by atoms with Crippen LogP contribution in [0.3, 0.4) is 0 Å². The van der Waals surface area contributed by atoms with Crippen LogP contribution < -0.4 is 10.6 Å². The molecule has 2 aromatic rings. The second kappa shape index (κ2) is 6.58. The van der Waals surface area contributed by atoms with Crippen molar-refractivity contribution in [3.05, 3.63) is 53.9 Å². The first kappa shape index (κ1) is 13.1. The molecule has 19 heavy (non-hydrogen) atoms. The van der Waals surface area contributed by atoms with Gasteiger partial charge in [-0.2, -0.15) is 5.10 Å². The lowest BCUT2D eigenvalue weighted by atomic mass is 10.2. The lowest BCUT2D eigenvalue weighted by molar-refractivity contribution is 0.240. The van der Waals surface area contributed by atoms with Gasteiger partial charge in [0.05, 0.1) is 5.69 Å². The zero-order chi connectivity index (χ0) is 13.5. The van der Waals surface area contributed by atoms with E-state index in [0.717, 1.165) is 17.7 Å². The van der Waals surface area contributed by atoms with Crippen LogP contribution >= 0.6 is 0 Å². The van der Waals surface area contributed by atoms with Crippen LogP contribution in [0.25, 0.3) is 0 Å². The van der Waals surface area contributed by atoms with Crippen molar-refractivity contribution in [1.29, 1.82) is 0 Å². The predicted octanol–water partition coefficient (Wildman–Crippen LogP) is 1.46. The molecule has 1 aromatic carbocycles. The van der Waals surface area contributed by atoms with E-state index < -0.39 is 0 Å². The molecule has 0 radical (unpaired) electrons. The molecule has 2 amide bonds. The van der Waals surface area contributed by atoms with Gasteiger partial charge < -0.3 is 10.6 Å². The van der Waals surface area contributed by atoms with Gasteiger partial charge in [0.25, 0.3) is 0 Å². The number of rotatable bonds is 5. The van der Waals surface area contributed by atoms with Gasteiger partial charge >= 0.3 is 6.03 Å². The molecule has 5 heteroatoms. The quantitative estimate of drug-likeness (QED) is 0.853. The summed E-state index contributed by atoms with van der Waals surface area (Å²) in [5.74, 6) is 0. The van der Waals surface area contributed by atoms with Gasteiger partial charge in [-0.3, -0.25) is 4.68 Å². The predicted molar refractivity (Wildman–Crippen MR) is 73.6 cm³/mol. The molecule has 1 aromatic heterocycles. The number of hydrogen-bond donors (Lipinski definition) is 2. The fourth-order valence-corrected chi connectivity index (χ4v) is 1.74. The van der Waals surface area contributed by atoms with E-state index in [1.807, 2.05) is 49.6 Å². The molecule has 0 saturated heterocycles. The van der Waals surface area contributed by atoms with Crippen LogP contribution in [-0.4, -0.2) is 22.4 Å². The Bertz CT molecular complexity index is 521. The minimum atomic E-state index is -0.153. The van der Waals surface area contributed by atoms with Crippen molar-refractivity contribution >= 4 is 6.03 Å². The average molecular weight is 258 g/mol. The number of nitrogens with one attached hydrogen (secondary N) is 2. The summed E-state index contributed by atoms with van der Waals surface area (Å²) < 4.78 is 1.75. The number of hydrogen-bond acceptors (Lipinski definition) is 2. The Balaban J connectivity index is 1.65. The Morgan fingerprint density at radius 3 is 2.68 bits per heavy atom. The normalized spacial score (nSPS) is 10.2. The lowest BCUT2D eigenvalue weighted by Gasteiger charge is -2.06. The molecule has 100 valence electrons. The second-order valence-electron chi connectivity index (χ2n) is 4.33.